The van der Waals surface area contributed by atoms with Crippen LogP contribution in [0.5, 0.6) is 0 Å². The quantitative estimate of drug-likeness (QED) is 0.119. The molecule has 0 N–H and O–H groups in total. The van der Waals surface area contributed by atoms with Crippen molar-refractivity contribution in [2.45, 2.75) is 65.5 Å². The third kappa shape index (κ3) is 3.78. The molecule has 0 bridgehead atoms. The smallest absolute Gasteiger partial charge is 0.266 e. The molecule has 0 aliphatic heterocycles. The van der Waals surface area contributed by atoms with E-state index in [-0.39, 0.29) is 34.0 Å². The fourth-order valence-corrected chi connectivity index (χ4v) is 9.98. The fraction of sp³-hybridized carbons (Fsp3) is 0.227. The average molecular weight is 779 g/mol. The second kappa shape index (κ2) is 11.1. The molecule has 0 radical (unpaired) electrons. The molecule has 0 spiro atoms. The van der Waals surface area contributed by atoms with Gasteiger partial charge in [-0.05, 0) is 117 Å². The minimum Gasteiger partial charge on any atom is -0.271 e. The van der Waals surface area contributed by atoms with Crippen molar-refractivity contribution < 1.29 is 0 Å². The Balaban J connectivity index is 1.57. The van der Waals surface area contributed by atoms with E-state index in [4.69, 9.17) is 0 Å². The molecule has 10 heteroatoms. The number of rotatable bonds is 7. The summed E-state index contributed by atoms with van der Waals surface area (Å²) in [5.41, 5.74) is -2.34. The third-order valence-electron chi connectivity index (χ3n) is 12.2. The molecule has 9 nitrogen and oxygen atoms in total. The number of nitrogens with zero attached hydrogens (tertiary/aromatic N) is 3. The van der Waals surface area contributed by atoms with Crippen LogP contribution in [-0.2, 0) is 0 Å². The van der Waals surface area contributed by atoms with E-state index < -0.39 is 22.2 Å². The Morgan fingerprint density at radius 2 is 0.759 bits per heavy atom. The predicted octanol–water partition coefficient (Wildman–Crippen LogP) is 8.14. The molecule has 10 aromatic rings. The number of fused-ring (bicyclic) bond motifs is 4. The highest BCUT2D eigenvalue weighted by Crippen LogP contribution is 2.50. The maximum Gasteiger partial charge on any atom is 0.266 e. The molecule has 0 aliphatic carbocycles. The molecule has 10 rings (SSSR count). The third-order valence-corrected chi connectivity index (χ3v) is 12.8. The minimum atomic E-state index is -0.548. The van der Waals surface area contributed by atoms with E-state index in [2.05, 4.69) is 15.9 Å². The van der Waals surface area contributed by atoms with E-state index in [0.717, 1.165) is 19.8 Å². The van der Waals surface area contributed by atoms with Gasteiger partial charge in [0, 0.05) is 48.9 Å². The molecule has 266 valence electrons. The van der Waals surface area contributed by atoms with Crippen LogP contribution in [0.4, 0.5) is 0 Å². The van der Waals surface area contributed by atoms with Gasteiger partial charge in [-0.1, -0.05) is 55.8 Å². The number of benzene rings is 7. The Morgan fingerprint density at radius 3 is 1.15 bits per heavy atom. The lowest BCUT2D eigenvalue weighted by Crippen LogP contribution is -2.36. The largest absolute Gasteiger partial charge is 0.271 e. The maximum atomic E-state index is 14.8. The first-order valence-corrected chi connectivity index (χ1v) is 19.3. The van der Waals surface area contributed by atoms with Crippen LogP contribution in [0, 0.1) is 0 Å². The van der Waals surface area contributed by atoms with E-state index in [1.165, 1.54) is 9.13 Å². The van der Waals surface area contributed by atoms with Crippen molar-refractivity contribution in [2.75, 3.05) is 0 Å². The number of aromatic nitrogens is 3. The summed E-state index contributed by atoms with van der Waals surface area (Å²) in [7, 11) is 0. The normalized spacial score (nSPS) is 12.9. The van der Waals surface area contributed by atoms with E-state index in [1.807, 2.05) is 39.8 Å². The number of hydrogen-bond acceptors (Lipinski definition) is 6. The second-order valence-electron chi connectivity index (χ2n) is 14.6. The van der Waals surface area contributed by atoms with Crippen molar-refractivity contribution in [3.63, 3.8) is 0 Å². The highest BCUT2D eigenvalue weighted by molar-refractivity contribution is 9.10. The molecular formula is C44H32BrN3O6. The Morgan fingerprint density at radius 1 is 0.407 bits per heavy atom. The zero-order valence-electron chi connectivity index (χ0n) is 29.9. The van der Waals surface area contributed by atoms with Crippen molar-refractivity contribution in [3.8, 4) is 5.69 Å². The maximum absolute atomic E-state index is 14.8. The standard InChI is InChI=1S/C44H32BrN3O6/c1-5-20(6-2)46-39(49)25-15-13-23-24-14-16-26-32-30(42(52)47(40(26)50)21(7-3)8-4)18-28-36(34(24)32)35-27(17-29(41(46)51)31(25)33(23)35)37-38(28)44(54)48(43(37)53)22-11-9-19(45)10-12-22/h9-18,20-21H,5-8H2,1-4H3. The molecule has 0 saturated carbocycles. The Labute approximate surface area is 313 Å². The summed E-state index contributed by atoms with van der Waals surface area (Å²) >= 11 is 3.44. The van der Waals surface area contributed by atoms with Gasteiger partial charge in [-0.15, -0.1) is 0 Å². The molecule has 7 aromatic carbocycles. The second-order valence-corrected chi connectivity index (χ2v) is 15.5. The minimum absolute atomic E-state index is 0.140. The molecule has 0 aliphatic rings. The van der Waals surface area contributed by atoms with Crippen LogP contribution in [0.1, 0.15) is 65.5 Å². The van der Waals surface area contributed by atoms with Crippen molar-refractivity contribution in [1.29, 1.82) is 0 Å². The van der Waals surface area contributed by atoms with Crippen LogP contribution < -0.4 is 33.4 Å². The number of hydrogen-bond donors (Lipinski definition) is 0. The molecule has 54 heavy (non-hydrogen) atoms. The SMILES string of the molecule is CCC(CC)n1c(=O)c2ccc3c4ccc5c(=O)n(C(CC)CC)c(=O)c6cc7c8c(=O)n(-c9ccc(Br)cc9)c(=O)c8c8cc(c1=O)c2c3c8c7c4c56. The number of halogens is 1. The van der Waals surface area contributed by atoms with Crippen molar-refractivity contribution in [2.24, 2.45) is 0 Å². The molecule has 0 unspecified atom stereocenters. The van der Waals surface area contributed by atoms with Crippen molar-refractivity contribution in [3.05, 3.63) is 127 Å². The summed E-state index contributed by atoms with van der Waals surface area (Å²) in [5.74, 6) is 0. The van der Waals surface area contributed by atoms with Gasteiger partial charge in [0.15, 0.2) is 0 Å². The van der Waals surface area contributed by atoms with Crippen LogP contribution >= 0.6 is 15.9 Å². The Kier molecular flexibility index (Phi) is 6.79. The summed E-state index contributed by atoms with van der Waals surface area (Å²) in [4.78, 5) is 87.3. The molecule has 3 heterocycles. The van der Waals surface area contributed by atoms with E-state index in [1.54, 1.807) is 48.5 Å². The van der Waals surface area contributed by atoms with Gasteiger partial charge in [-0.2, -0.15) is 0 Å². The van der Waals surface area contributed by atoms with Crippen LogP contribution in [0.3, 0.4) is 0 Å². The highest BCUT2D eigenvalue weighted by atomic mass is 79.9. The summed E-state index contributed by atoms with van der Waals surface area (Å²) in [5, 5.41) is 7.47. The summed E-state index contributed by atoms with van der Waals surface area (Å²) in [6.07, 6.45) is 2.32. The molecule has 0 atom stereocenters. The van der Waals surface area contributed by atoms with Crippen LogP contribution in [0.15, 0.2) is 93.9 Å². The van der Waals surface area contributed by atoms with Crippen molar-refractivity contribution >= 4 is 102 Å². The summed E-state index contributed by atoms with van der Waals surface area (Å²) in [6.45, 7) is 7.78. The van der Waals surface area contributed by atoms with Gasteiger partial charge in [0.05, 0.1) is 16.5 Å². The molecular weight excluding hydrogens is 746 g/mol. The van der Waals surface area contributed by atoms with E-state index in [9.17, 15) is 28.8 Å². The van der Waals surface area contributed by atoms with Gasteiger partial charge >= 0.3 is 0 Å². The van der Waals surface area contributed by atoms with Crippen LogP contribution in [-0.4, -0.2) is 13.7 Å². The number of pyridine rings is 2. The van der Waals surface area contributed by atoms with Crippen molar-refractivity contribution in [1.82, 2.24) is 13.7 Å². The lowest BCUT2D eigenvalue weighted by Gasteiger charge is -2.23. The Hall–Kier alpha value is -5.74. The van der Waals surface area contributed by atoms with Gasteiger partial charge in [-0.25, -0.2) is 4.57 Å². The van der Waals surface area contributed by atoms with Gasteiger partial charge in [0.25, 0.3) is 33.4 Å². The molecule has 3 aromatic heterocycles. The zero-order valence-corrected chi connectivity index (χ0v) is 31.5. The summed E-state index contributed by atoms with van der Waals surface area (Å²) in [6, 6.07) is 16.9. The van der Waals surface area contributed by atoms with Crippen LogP contribution in [0.25, 0.3) is 91.9 Å². The van der Waals surface area contributed by atoms with Gasteiger partial charge in [0.2, 0.25) is 0 Å². The molecule has 0 fully saturated rings. The highest BCUT2D eigenvalue weighted by Gasteiger charge is 2.31. The first-order valence-electron chi connectivity index (χ1n) is 18.5. The first kappa shape index (κ1) is 32.9. The Bertz CT molecular complexity index is 3370. The van der Waals surface area contributed by atoms with E-state index >= 15 is 0 Å². The topological polar surface area (TPSA) is 117 Å². The monoisotopic (exact) mass is 777 g/mol. The van der Waals surface area contributed by atoms with Gasteiger partial charge < -0.3 is 0 Å². The lowest BCUT2D eigenvalue weighted by molar-refractivity contribution is 0.451. The van der Waals surface area contributed by atoms with Gasteiger partial charge in [0.1, 0.15) is 0 Å². The fourth-order valence-electron chi connectivity index (χ4n) is 9.72. The van der Waals surface area contributed by atoms with Gasteiger partial charge in [-0.3, -0.25) is 37.9 Å². The predicted molar refractivity (Wildman–Crippen MR) is 222 cm³/mol. The molecule has 0 amide bonds. The first-order chi connectivity index (χ1) is 26.1. The zero-order chi connectivity index (χ0) is 37.6. The van der Waals surface area contributed by atoms with Crippen LogP contribution in [0.2, 0.25) is 0 Å². The average Bonchev–Trinajstić information content (AvgIpc) is 3.45. The van der Waals surface area contributed by atoms with E-state index in [0.29, 0.717) is 96.0 Å². The lowest BCUT2D eigenvalue weighted by atomic mass is 9.81. The summed E-state index contributed by atoms with van der Waals surface area (Å²) < 4.78 is 4.61. The molecule has 0 saturated heterocycles.